The first-order chi connectivity index (χ1) is 19.0. The van der Waals surface area contributed by atoms with E-state index in [0.29, 0.717) is 52.9 Å². The summed E-state index contributed by atoms with van der Waals surface area (Å²) >= 11 is 11.3. The second-order valence-corrected chi connectivity index (χ2v) is 8.86. The number of ketones is 1. The average molecular weight is 596 g/mol. The van der Waals surface area contributed by atoms with E-state index < -0.39 is 30.2 Å². The van der Waals surface area contributed by atoms with Gasteiger partial charge in [-0.15, -0.1) is 0 Å². The van der Waals surface area contributed by atoms with Crippen LogP contribution >= 0.6 is 23.2 Å². The number of carbonyl (C=O) groups is 3. The molecule has 9 nitrogen and oxygen atoms in total. The molecule has 2 aromatic carbocycles. The molecule has 0 saturated heterocycles. The molecule has 0 bridgehead atoms. The summed E-state index contributed by atoms with van der Waals surface area (Å²) in [4.78, 5) is 40.8. The van der Waals surface area contributed by atoms with Crippen molar-refractivity contribution in [2.45, 2.75) is 19.3 Å². The molecule has 0 aromatic heterocycles. The number of carboxylic acids is 2. The highest BCUT2D eigenvalue weighted by Gasteiger charge is 2.10. The van der Waals surface area contributed by atoms with Crippen LogP contribution < -0.4 is 4.74 Å². The van der Waals surface area contributed by atoms with Crippen LogP contribution in [0.15, 0.2) is 70.4 Å². The van der Waals surface area contributed by atoms with E-state index >= 15 is 0 Å². The molecule has 0 aliphatic carbocycles. The van der Waals surface area contributed by atoms with Gasteiger partial charge in [0.15, 0.2) is 24.0 Å². The number of hydrogen-bond acceptors (Lipinski definition) is 7. The fourth-order valence-corrected chi connectivity index (χ4v) is 3.55. The Morgan fingerprint density at radius 3 is 2.48 bits per heavy atom. The average Bonchev–Trinajstić information content (AvgIpc) is 2.90. The Morgan fingerprint density at radius 2 is 1.85 bits per heavy atom. The highest BCUT2D eigenvalue weighted by Crippen LogP contribution is 2.27. The number of rotatable bonds is 8. The first-order valence-electron chi connectivity index (χ1n) is 11.7. The Hall–Kier alpha value is -4.09. The van der Waals surface area contributed by atoms with Gasteiger partial charge >= 0.3 is 11.9 Å². The number of halogens is 4. The maximum atomic E-state index is 13.3. The van der Waals surface area contributed by atoms with Crippen molar-refractivity contribution in [1.29, 1.82) is 0 Å². The van der Waals surface area contributed by atoms with Gasteiger partial charge in [0.25, 0.3) is 0 Å². The van der Waals surface area contributed by atoms with Gasteiger partial charge < -0.3 is 19.8 Å². The molecule has 0 amide bonds. The quantitative estimate of drug-likeness (QED) is 0.428. The van der Waals surface area contributed by atoms with E-state index in [1.54, 1.807) is 18.5 Å². The second-order valence-electron chi connectivity index (χ2n) is 8.02. The molecule has 0 radical (unpaired) electrons. The molecule has 13 heteroatoms. The zero-order valence-corrected chi connectivity index (χ0v) is 22.5. The lowest BCUT2D eigenvalue weighted by Gasteiger charge is -2.13. The van der Waals surface area contributed by atoms with Crippen LogP contribution in [0.3, 0.4) is 0 Å². The monoisotopic (exact) mass is 595 g/mol. The van der Waals surface area contributed by atoms with Gasteiger partial charge in [-0.3, -0.25) is 19.6 Å². The summed E-state index contributed by atoms with van der Waals surface area (Å²) in [6.45, 7) is 0.220. The predicted octanol–water partition coefficient (Wildman–Crippen LogP) is 5.21. The van der Waals surface area contributed by atoms with Crippen LogP contribution in [0.4, 0.5) is 8.78 Å². The van der Waals surface area contributed by atoms with Crippen molar-refractivity contribution in [3.05, 3.63) is 87.7 Å². The molecule has 2 heterocycles. The number of ether oxygens (including phenoxy) is 1. The van der Waals surface area contributed by atoms with Crippen molar-refractivity contribution in [3.8, 4) is 5.75 Å². The number of allylic oxidation sites excluding steroid dienone is 2. The summed E-state index contributed by atoms with van der Waals surface area (Å²) in [5.41, 5.74) is 0.920. The van der Waals surface area contributed by atoms with Gasteiger partial charge in [-0.2, -0.15) is 0 Å². The van der Waals surface area contributed by atoms with E-state index in [4.69, 9.17) is 38.2 Å². The van der Waals surface area contributed by atoms with E-state index in [-0.39, 0.29) is 12.3 Å². The van der Waals surface area contributed by atoms with Gasteiger partial charge in [0, 0.05) is 35.6 Å². The highest BCUT2D eigenvalue weighted by molar-refractivity contribution is 6.35. The molecule has 2 N–H and O–H groups in total. The Bertz CT molecular complexity index is 1320. The molecular weight excluding hydrogens is 571 g/mol. The molecule has 2 aliphatic rings. The largest absolute Gasteiger partial charge is 0.480 e. The van der Waals surface area contributed by atoms with Gasteiger partial charge in [-0.05, 0) is 48.7 Å². The number of hydrogen-bond donors (Lipinski definition) is 2. The van der Waals surface area contributed by atoms with Crippen LogP contribution in [-0.4, -0.2) is 65.1 Å². The molecule has 2 aromatic rings. The third kappa shape index (κ3) is 12.2. The Balaban J connectivity index is 0.000000218. The van der Waals surface area contributed by atoms with Crippen LogP contribution in [0.1, 0.15) is 18.4 Å². The van der Waals surface area contributed by atoms with E-state index in [9.17, 15) is 23.2 Å². The third-order valence-electron chi connectivity index (χ3n) is 4.86. The molecular formula is C27H25Cl2F2N3O6. The molecule has 0 atom stereocenters. The molecule has 0 spiro atoms. The lowest BCUT2D eigenvalue weighted by Crippen LogP contribution is -2.24. The Labute approximate surface area is 238 Å². The van der Waals surface area contributed by atoms with E-state index in [1.165, 1.54) is 41.6 Å². The minimum absolute atomic E-state index is 0.00489. The van der Waals surface area contributed by atoms with Crippen molar-refractivity contribution in [2.24, 2.45) is 9.98 Å². The van der Waals surface area contributed by atoms with Crippen molar-refractivity contribution in [1.82, 2.24) is 4.90 Å². The zero-order valence-electron chi connectivity index (χ0n) is 21.0. The molecule has 0 saturated carbocycles. The fourth-order valence-electron chi connectivity index (χ4n) is 3.09. The van der Waals surface area contributed by atoms with Crippen molar-refractivity contribution in [3.63, 3.8) is 0 Å². The summed E-state index contributed by atoms with van der Waals surface area (Å²) in [6, 6.07) is 8.67. The molecule has 0 unspecified atom stereocenters. The number of nitrogens with zero attached hydrogens (tertiary/aromatic N) is 3. The zero-order chi connectivity index (χ0) is 29.5. The minimum atomic E-state index is -1.05. The number of benzene rings is 2. The van der Waals surface area contributed by atoms with Gasteiger partial charge in [0.2, 0.25) is 0 Å². The summed E-state index contributed by atoms with van der Waals surface area (Å²) < 4.78 is 31.1. The maximum Gasteiger partial charge on any atom is 0.341 e. The topological polar surface area (TPSA) is 129 Å². The number of carboxylic acid groups (broad SMARTS) is 2. The van der Waals surface area contributed by atoms with Gasteiger partial charge in [0.05, 0.1) is 17.9 Å². The molecule has 0 fully saturated rings. The Morgan fingerprint density at radius 1 is 1.07 bits per heavy atom. The molecule has 40 heavy (non-hydrogen) atoms. The summed E-state index contributed by atoms with van der Waals surface area (Å²) in [6.07, 6.45) is 9.12. The SMILES string of the molecule is O=C(O)CN1C=CCN=C1.O=C(O)COc1ccc(Cl)cc1Cl.O=C1C=C(CCc2cccc(F)c2F)N=CC1. The minimum Gasteiger partial charge on any atom is -0.480 e. The lowest BCUT2D eigenvalue weighted by atomic mass is 10.1. The number of aliphatic imine (C=N–C) groups is 2. The van der Waals surface area contributed by atoms with Crippen LogP contribution in [0.25, 0.3) is 0 Å². The molecule has 212 valence electrons. The van der Waals surface area contributed by atoms with Gasteiger partial charge in [-0.1, -0.05) is 35.3 Å². The predicted molar refractivity (Wildman–Crippen MR) is 147 cm³/mol. The third-order valence-corrected chi connectivity index (χ3v) is 5.39. The van der Waals surface area contributed by atoms with Crippen molar-refractivity contribution < 1.29 is 38.1 Å². The smallest absolute Gasteiger partial charge is 0.341 e. The number of aryl methyl sites for hydroxylation is 1. The number of aliphatic carboxylic acids is 2. The van der Waals surface area contributed by atoms with E-state index in [1.807, 2.05) is 6.08 Å². The maximum absolute atomic E-state index is 13.3. The normalized spacial score (nSPS) is 13.4. The van der Waals surface area contributed by atoms with Crippen LogP contribution in [0.2, 0.25) is 10.0 Å². The van der Waals surface area contributed by atoms with Crippen LogP contribution in [-0.2, 0) is 20.8 Å². The van der Waals surface area contributed by atoms with Crippen LogP contribution in [0.5, 0.6) is 5.75 Å². The second kappa shape index (κ2) is 16.8. The summed E-state index contributed by atoms with van der Waals surface area (Å²) in [5, 5.41) is 17.4. The summed E-state index contributed by atoms with van der Waals surface area (Å²) in [7, 11) is 0. The summed E-state index contributed by atoms with van der Waals surface area (Å²) in [5.74, 6) is -3.26. The standard InChI is InChI=1S/C13H11F2NO.C8H6Cl2O3.C6H8N2O2/c14-12-3-1-2-9(13(12)15)4-5-10-8-11(17)6-7-16-10;9-5-1-2-7(6(10)3-5)13-4-8(11)12;9-6(10)4-8-3-1-2-7-5-8/h1-3,7-8H,4-6H2;1-3H,4H2,(H,11,12);1,3,5H,2,4H2,(H,9,10). The van der Waals surface area contributed by atoms with E-state index in [2.05, 4.69) is 9.98 Å². The Kier molecular flexibility index (Phi) is 13.5. The van der Waals surface area contributed by atoms with E-state index in [0.717, 1.165) is 6.07 Å². The fraction of sp³-hybridized carbons (Fsp3) is 0.222. The lowest BCUT2D eigenvalue weighted by molar-refractivity contribution is -0.139. The van der Waals surface area contributed by atoms with Crippen molar-refractivity contribution in [2.75, 3.05) is 19.7 Å². The highest BCUT2D eigenvalue weighted by atomic mass is 35.5. The number of carbonyl (C=O) groups excluding carboxylic acids is 1. The van der Waals surface area contributed by atoms with Crippen LogP contribution in [0, 0.1) is 11.6 Å². The first kappa shape index (κ1) is 32.1. The first-order valence-corrected chi connectivity index (χ1v) is 12.4. The van der Waals surface area contributed by atoms with Crippen molar-refractivity contribution >= 4 is 53.5 Å². The molecule has 2 aliphatic heterocycles. The van der Waals surface area contributed by atoms with Gasteiger partial charge in [-0.25, -0.2) is 13.6 Å². The molecule has 4 rings (SSSR count). The van der Waals surface area contributed by atoms with Gasteiger partial charge in [0.1, 0.15) is 12.3 Å².